The fourth-order valence-electron chi connectivity index (χ4n) is 1.95. The highest BCUT2D eigenvalue weighted by Gasteiger charge is 2.15. The predicted octanol–water partition coefficient (Wildman–Crippen LogP) is 2.02. The molecule has 2 rings (SSSR count). The van der Waals surface area contributed by atoms with Gasteiger partial charge in [-0.25, -0.2) is 0 Å². The lowest BCUT2D eigenvalue weighted by Crippen LogP contribution is -2.33. The van der Waals surface area contributed by atoms with Gasteiger partial charge in [0.1, 0.15) is 0 Å². The first-order chi connectivity index (χ1) is 9.70. The number of benzene rings is 1. The standard InChI is InChI=1S/C16H18N2O2/c1-13-7-8-15(11-17-13)16(20)18(9-10-19)12-14-5-3-2-4-6-14/h2-8,11,19H,9-10,12H2,1H3. The summed E-state index contributed by atoms with van der Waals surface area (Å²) in [6.07, 6.45) is 1.58. The van der Waals surface area contributed by atoms with Gasteiger partial charge in [-0.3, -0.25) is 9.78 Å². The summed E-state index contributed by atoms with van der Waals surface area (Å²) in [5, 5.41) is 9.15. The summed E-state index contributed by atoms with van der Waals surface area (Å²) in [5.41, 5.74) is 2.45. The molecule has 0 aliphatic carbocycles. The molecule has 0 saturated heterocycles. The van der Waals surface area contributed by atoms with E-state index in [0.717, 1.165) is 11.3 Å². The third-order valence-corrected chi connectivity index (χ3v) is 3.03. The van der Waals surface area contributed by atoms with Crippen LogP contribution in [-0.2, 0) is 6.54 Å². The van der Waals surface area contributed by atoms with E-state index >= 15 is 0 Å². The van der Waals surface area contributed by atoms with E-state index in [1.165, 1.54) is 0 Å². The predicted molar refractivity (Wildman–Crippen MR) is 77.2 cm³/mol. The van der Waals surface area contributed by atoms with E-state index in [2.05, 4.69) is 4.98 Å². The number of aliphatic hydroxyl groups excluding tert-OH is 1. The molecule has 0 spiro atoms. The summed E-state index contributed by atoms with van der Waals surface area (Å²) in [4.78, 5) is 18.2. The Balaban J connectivity index is 2.15. The molecule has 1 aromatic carbocycles. The summed E-state index contributed by atoms with van der Waals surface area (Å²) < 4.78 is 0. The third kappa shape index (κ3) is 3.65. The van der Waals surface area contributed by atoms with Crippen LogP contribution in [0.4, 0.5) is 0 Å². The summed E-state index contributed by atoms with van der Waals surface area (Å²) in [5.74, 6) is -0.115. The summed E-state index contributed by atoms with van der Waals surface area (Å²) in [7, 11) is 0. The third-order valence-electron chi connectivity index (χ3n) is 3.03. The van der Waals surface area contributed by atoms with Crippen LogP contribution >= 0.6 is 0 Å². The van der Waals surface area contributed by atoms with Crippen molar-refractivity contribution in [2.24, 2.45) is 0 Å². The van der Waals surface area contributed by atoms with Crippen molar-refractivity contribution >= 4 is 5.91 Å². The van der Waals surface area contributed by atoms with Gasteiger partial charge < -0.3 is 10.0 Å². The quantitative estimate of drug-likeness (QED) is 0.904. The number of carbonyl (C=O) groups excluding carboxylic acids is 1. The number of pyridine rings is 1. The van der Waals surface area contributed by atoms with Crippen molar-refractivity contribution < 1.29 is 9.90 Å². The van der Waals surface area contributed by atoms with Gasteiger partial charge >= 0.3 is 0 Å². The Kier molecular flexibility index (Phi) is 4.85. The van der Waals surface area contributed by atoms with Crippen LogP contribution in [0.5, 0.6) is 0 Å². The molecular formula is C16H18N2O2. The smallest absolute Gasteiger partial charge is 0.255 e. The van der Waals surface area contributed by atoms with Crippen LogP contribution in [0.3, 0.4) is 0 Å². The van der Waals surface area contributed by atoms with E-state index in [0.29, 0.717) is 18.7 Å². The fourth-order valence-corrected chi connectivity index (χ4v) is 1.95. The molecule has 2 aromatic rings. The molecular weight excluding hydrogens is 252 g/mol. The number of hydrogen-bond donors (Lipinski definition) is 1. The van der Waals surface area contributed by atoms with Crippen LogP contribution < -0.4 is 0 Å². The average molecular weight is 270 g/mol. The Hall–Kier alpha value is -2.20. The van der Waals surface area contributed by atoms with Gasteiger partial charge in [-0.15, -0.1) is 0 Å². The lowest BCUT2D eigenvalue weighted by atomic mass is 10.2. The van der Waals surface area contributed by atoms with E-state index < -0.39 is 0 Å². The molecule has 0 radical (unpaired) electrons. The van der Waals surface area contributed by atoms with E-state index in [1.54, 1.807) is 17.2 Å². The number of aryl methyl sites for hydroxylation is 1. The number of amides is 1. The second-order valence-electron chi connectivity index (χ2n) is 4.62. The first kappa shape index (κ1) is 14.2. The Bertz CT molecular complexity index is 552. The molecule has 1 aromatic heterocycles. The van der Waals surface area contributed by atoms with E-state index in [-0.39, 0.29) is 12.5 Å². The average Bonchev–Trinajstić information content (AvgIpc) is 2.48. The Morgan fingerprint density at radius 1 is 1.20 bits per heavy atom. The SMILES string of the molecule is Cc1ccc(C(=O)N(CCO)Cc2ccccc2)cn1. The summed E-state index contributed by atoms with van der Waals surface area (Å²) in [6, 6.07) is 13.3. The highest BCUT2D eigenvalue weighted by Crippen LogP contribution is 2.09. The maximum atomic E-state index is 12.4. The van der Waals surface area contributed by atoms with Gasteiger partial charge in [0.25, 0.3) is 5.91 Å². The molecule has 1 N–H and O–H groups in total. The van der Waals surface area contributed by atoms with Crippen LogP contribution in [0.2, 0.25) is 0 Å². The topological polar surface area (TPSA) is 53.4 Å². The van der Waals surface area contributed by atoms with E-state index in [1.807, 2.05) is 43.3 Å². The molecule has 0 aliphatic rings. The minimum absolute atomic E-state index is 0.0577. The molecule has 4 nitrogen and oxygen atoms in total. The Morgan fingerprint density at radius 2 is 1.95 bits per heavy atom. The van der Waals surface area contributed by atoms with Crippen molar-refractivity contribution in [2.75, 3.05) is 13.2 Å². The Labute approximate surface area is 118 Å². The van der Waals surface area contributed by atoms with E-state index in [4.69, 9.17) is 5.11 Å². The number of nitrogens with zero attached hydrogens (tertiary/aromatic N) is 2. The van der Waals surface area contributed by atoms with Crippen molar-refractivity contribution in [1.82, 2.24) is 9.88 Å². The van der Waals surface area contributed by atoms with Crippen molar-refractivity contribution in [3.05, 3.63) is 65.5 Å². The number of rotatable bonds is 5. The molecule has 4 heteroatoms. The van der Waals surface area contributed by atoms with Gasteiger partial charge in [0.15, 0.2) is 0 Å². The second kappa shape index (κ2) is 6.82. The molecule has 104 valence electrons. The molecule has 20 heavy (non-hydrogen) atoms. The lowest BCUT2D eigenvalue weighted by molar-refractivity contribution is 0.0707. The molecule has 0 saturated carbocycles. The van der Waals surface area contributed by atoms with Gasteiger partial charge in [-0.1, -0.05) is 30.3 Å². The number of hydrogen-bond acceptors (Lipinski definition) is 3. The number of aromatic nitrogens is 1. The van der Waals surface area contributed by atoms with Crippen LogP contribution in [-0.4, -0.2) is 34.0 Å². The molecule has 1 amide bonds. The molecule has 0 bridgehead atoms. The zero-order valence-corrected chi connectivity index (χ0v) is 11.5. The molecule has 0 fully saturated rings. The normalized spacial score (nSPS) is 10.3. The molecule has 0 unspecified atom stereocenters. The van der Waals surface area contributed by atoms with Crippen molar-refractivity contribution in [3.63, 3.8) is 0 Å². The Morgan fingerprint density at radius 3 is 2.55 bits per heavy atom. The minimum Gasteiger partial charge on any atom is -0.395 e. The highest BCUT2D eigenvalue weighted by molar-refractivity contribution is 5.93. The van der Waals surface area contributed by atoms with Gasteiger partial charge in [-0.05, 0) is 24.6 Å². The maximum absolute atomic E-state index is 12.4. The van der Waals surface area contributed by atoms with Crippen LogP contribution in [0.15, 0.2) is 48.7 Å². The summed E-state index contributed by atoms with van der Waals surface area (Å²) in [6.45, 7) is 2.61. The zero-order valence-electron chi connectivity index (χ0n) is 11.5. The first-order valence-corrected chi connectivity index (χ1v) is 6.57. The van der Waals surface area contributed by atoms with Crippen molar-refractivity contribution in [2.45, 2.75) is 13.5 Å². The largest absolute Gasteiger partial charge is 0.395 e. The van der Waals surface area contributed by atoms with Crippen molar-refractivity contribution in [3.8, 4) is 0 Å². The van der Waals surface area contributed by atoms with Gasteiger partial charge in [0.2, 0.25) is 0 Å². The maximum Gasteiger partial charge on any atom is 0.255 e. The van der Waals surface area contributed by atoms with Crippen LogP contribution in [0.1, 0.15) is 21.6 Å². The first-order valence-electron chi connectivity index (χ1n) is 6.57. The second-order valence-corrected chi connectivity index (χ2v) is 4.62. The highest BCUT2D eigenvalue weighted by atomic mass is 16.3. The van der Waals surface area contributed by atoms with Crippen molar-refractivity contribution in [1.29, 1.82) is 0 Å². The fraction of sp³-hybridized carbons (Fsp3) is 0.250. The lowest BCUT2D eigenvalue weighted by Gasteiger charge is -2.22. The molecule has 0 atom stereocenters. The summed E-state index contributed by atoms with van der Waals surface area (Å²) >= 11 is 0. The van der Waals surface area contributed by atoms with E-state index in [9.17, 15) is 4.79 Å². The zero-order chi connectivity index (χ0) is 14.4. The van der Waals surface area contributed by atoms with Gasteiger partial charge in [0, 0.05) is 25.0 Å². The monoisotopic (exact) mass is 270 g/mol. The minimum atomic E-state index is -0.115. The van der Waals surface area contributed by atoms with Gasteiger partial charge in [-0.2, -0.15) is 0 Å². The van der Waals surface area contributed by atoms with Gasteiger partial charge in [0.05, 0.1) is 12.2 Å². The number of aliphatic hydroxyl groups is 1. The van der Waals surface area contributed by atoms with Crippen LogP contribution in [0, 0.1) is 6.92 Å². The molecule has 0 aliphatic heterocycles. The van der Waals surface area contributed by atoms with Crippen LogP contribution in [0.25, 0.3) is 0 Å². The number of carbonyl (C=O) groups is 1. The molecule has 1 heterocycles.